The lowest BCUT2D eigenvalue weighted by Crippen LogP contribution is -2.19. The third kappa shape index (κ3) is 3.20. The number of aromatic nitrogens is 3. The summed E-state index contributed by atoms with van der Waals surface area (Å²) in [6.45, 7) is 7.04. The predicted octanol–water partition coefficient (Wildman–Crippen LogP) is 4.25. The van der Waals surface area contributed by atoms with Crippen molar-refractivity contribution < 1.29 is 0 Å². The van der Waals surface area contributed by atoms with E-state index in [2.05, 4.69) is 42.0 Å². The number of rotatable bonds is 2. The van der Waals surface area contributed by atoms with Crippen LogP contribution in [0.2, 0.25) is 0 Å². The summed E-state index contributed by atoms with van der Waals surface area (Å²) in [6.07, 6.45) is 8.53. The van der Waals surface area contributed by atoms with Gasteiger partial charge in [0.05, 0.1) is 5.39 Å². The third-order valence-corrected chi connectivity index (χ3v) is 4.68. The molecule has 2 aromatic rings. The first kappa shape index (κ1) is 14.4. The van der Waals surface area contributed by atoms with Gasteiger partial charge in [0.2, 0.25) is 0 Å². The third-order valence-electron chi connectivity index (χ3n) is 4.68. The summed E-state index contributed by atoms with van der Waals surface area (Å²) in [5, 5.41) is 7.86. The van der Waals surface area contributed by atoms with Crippen LogP contribution in [-0.4, -0.2) is 15.2 Å². The average Bonchev–Trinajstić information content (AvgIpc) is 2.79. The zero-order valence-electron chi connectivity index (χ0n) is 13.3. The van der Waals surface area contributed by atoms with E-state index in [9.17, 15) is 0 Å². The van der Waals surface area contributed by atoms with Crippen LogP contribution in [0.1, 0.15) is 64.4 Å². The number of anilines is 1. The van der Waals surface area contributed by atoms with Gasteiger partial charge in [0.1, 0.15) is 5.82 Å². The minimum Gasteiger partial charge on any atom is -0.384 e. The van der Waals surface area contributed by atoms with Crippen LogP contribution >= 0.6 is 0 Å². The Morgan fingerprint density at radius 2 is 1.95 bits per heavy atom. The molecule has 0 amide bonds. The molecule has 114 valence electrons. The van der Waals surface area contributed by atoms with Crippen LogP contribution in [0.15, 0.2) is 12.3 Å². The number of hydrogen-bond acceptors (Lipinski definition) is 3. The van der Waals surface area contributed by atoms with Crippen molar-refractivity contribution in [3.63, 3.8) is 0 Å². The van der Waals surface area contributed by atoms with Crippen LogP contribution < -0.4 is 5.73 Å². The van der Waals surface area contributed by atoms with Gasteiger partial charge in [-0.25, -0.2) is 4.98 Å². The van der Waals surface area contributed by atoms with Crippen molar-refractivity contribution >= 4 is 16.9 Å². The van der Waals surface area contributed by atoms with Crippen LogP contribution in [0.4, 0.5) is 5.82 Å². The van der Waals surface area contributed by atoms with E-state index in [0.29, 0.717) is 17.2 Å². The van der Waals surface area contributed by atoms with Crippen molar-refractivity contribution in [2.24, 2.45) is 11.3 Å². The van der Waals surface area contributed by atoms with Crippen molar-refractivity contribution in [1.29, 1.82) is 0 Å². The molecule has 0 bridgehead atoms. The smallest absolute Gasteiger partial charge is 0.183 e. The molecule has 4 nitrogen and oxygen atoms in total. The second-order valence-corrected chi connectivity index (χ2v) is 7.76. The van der Waals surface area contributed by atoms with Crippen molar-refractivity contribution in [2.75, 3.05) is 5.73 Å². The topological polar surface area (TPSA) is 67.6 Å². The first-order valence-corrected chi connectivity index (χ1v) is 8.02. The molecular weight excluding hydrogens is 260 g/mol. The van der Waals surface area contributed by atoms with Gasteiger partial charge >= 0.3 is 0 Å². The molecule has 1 fully saturated rings. The molecule has 0 saturated heterocycles. The molecule has 0 spiro atoms. The largest absolute Gasteiger partial charge is 0.384 e. The van der Waals surface area contributed by atoms with E-state index in [-0.39, 0.29) is 0 Å². The molecule has 1 saturated carbocycles. The van der Waals surface area contributed by atoms with Gasteiger partial charge in [0.15, 0.2) is 5.65 Å². The SMILES string of the molecule is CC(C)(C)CC1CCC(c2cnc3n[nH]c(N)c3c2)CC1. The number of nitrogens with zero attached hydrogens (tertiary/aromatic N) is 2. The highest BCUT2D eigenvalue weighted by Gasteiger charge is 2.26. The lowest BCUT2D eigenvalue weighted by molar-refractivity contribution is 0.228. The number of nitrogens with one attached hydrogen (secondary N) is 1. The molecule has 0 unspecified atom stereocenters. The lowest BCUT2D eigenvalue weighted by Gasteiger charge is -2.32. The van der Waals surface area contributed by atoms with Crippen molar-refractivity contribution in [1.82, 2.24) is 15.2 Å². The van der Waals surface area contributed by atoms with Crippen LogP contribution in [0, 0.1) is 11.3 Å². The highest BCUT2D eigenvalue weighted by atomic mass is 15.2. The monoisotopic (exact) mass is 286 g/mol. The van der Waals surface area contributed by atoms with E-state index in [1.165, 1.54) is 37.7 Å². The number of pyridine rings is 1. The molecule has 2 aromatic heterocycles. The van der Waals surface area contributed by atoms with E-state index in [1.807, 2.05) is 6.20 Å². The maximum Gasteiger partial charge on any atom is 0.183 e. The fraction of sp³-hybridized carbons (Fsp3) is 0.647. The van der Waals surface area contributed by atoms with E-state index >= 15 is 0 Å². The maximum absolute atomic E-state index is 5.91. The Balaban J connectivity index is 1.69. The zero-order chi connectivity index (χ0) is 15.0. The number of nitrogens with two attached hydrogens (primary N) is 1. The Hall–Kier alpha value is -1.58. The van der Waals surface area contributed by atoms with Crippen LogP contribution in [-0.2, 0) is 0 Å². The average molecular weight is 286 g/mol. The second-order valence-electron chi connectivity index (χ2n) is 7.76. The van der Waals surface area contributed by atoms with Crippen LogP contribution in [0.25, 0.3) is 11.0 Å². The standard InChI is InChI=1S/C17H26N4/c1-17(2,3)9-11-4-6-12(7-5-11)13-8-14-15(18)20-21-16(14)19-10-13/h8,10-12H,4-7,9H2,1-3H3,(H3,18,19,20,21). The second kappa shape index (κ2) is 5.32. The molecule has 1 aliphatic rings. The zero-order valence-corrected chi connectivity index (χ0v) is 13.3. The molecule has 4 heteroatoms. The van der Waals surface area contributed by atoms with Gasteiger partial charge in [-0.15, -0.1) is 0 Å². The van der Waals surface area contributed by atoms with Gasteiger partial charge in [-0.05, 0) is 61.0 Å². The molecule has 2 heterocycles. The molecule has 0 aliphatic heterocycles. The summed E-state index contributed by atoms with van der Waals surface area (Å²) >= 11 is 0. The Kier molecular flexibility index (Phi) is 3.64. The summed E-state index contributed by atoms with van der Waals surface area (Å²) < 4.78 is 0. The Morgan fingerprint density at radius 1 is 1.24 bits per heavy atom. The Bertz CT molecular complexity index is 615. The first-order chi connectivity index (χ1) is 9.92. The summed E-state index contributed by atoms with van der Waals surface area (Å²) in [7, 11) is 0. The fourth-order valence-corrected chi connectivity index (χ4v) is 3.72. The van der Waals surface area contributed by atoms with Crippen LogP contribution in [0.3, 0.4) is 0 Å². The van der Waals surface area contributed by atoms with E-state index in [4.69, 9.17) is 5.73 Å². The van der Waals surface area contributed by atoms with Gasteiger partial charge in [-0.2, -0.15) is 5.10 Å². The molecule has 0 radical (unpaired) electrons. The summed E-state index contributed by atoms with van der Waals surface area (Å²) in [5.74, 6) is 2.14. The quantitative estimate of drug-likeness (QED) is 0.867. The minimum absolute atomic E-state index is 0.448. The van der Waals surface area contributed by atoms with Crippen LogP contribution in [0.5, 0.6) is 0 Å². The number of hydrogen-bond donors (Lipinski definition) is 2. The molecule has 0 atom stereocenters. The molecular formula is C17H26N4. The van der Waals surface area contributed by atoms with Gasteiger partial charge in [0.25, 0.3) is 0 Å². The number of nitrogen functional groups attached to an aromatic ring is 1. The first-order valence-electron chi connectivity index (χ1n) is 8.02. The Morgan fingerprint density at radius 3 is 2.62 bits per heavy atom. The maximum atomic E-state index is 5.91. The fourth-order valence-electron chi connectivity index (χ4n) is 3.72. The van der Waals surface area contributed by atoms with Crippen molar-refractivity contribution in [3.05, 3.63) is 17.8 Å². The minimum atomic E-state index is 0.448. The summed E-state index contributed by atoms with van der Waals surface area (Å²) in [4.78, 5) is 4.43. The normalized spacial score (nSPS) is 23.6. The highest BCUT2D eigenvalue weighted by molar-refractivity contribution is 5.86. The molecule has 3 N–H and O–H groups in total. The molecule has 0 aromatic carbocycles. The number of aromatic amines is 1. The number of fused-ring (bicyclic) bond motifs is 1. The van der Waals surface area contributed by atoms with E-state index in [1.54, 1.807) is 0 Å². The predicted molar refractivity (Wildman–Crippen MR) is 87.1 cm³/mol. The summed E-state index contributed by atoms with van der Waals surface area (Å²) in [6, 6.07) is 2.18. The van der Waals surface area contributed by atoms with Gasteiger partial charge in [-0.1, -0.05) is 20.8 Å². The summed E-state index contributed by atoms with van der Waals surface area (Å²) in [5.41, 5.74) is 8.40. The molecule has 21 heavy (non-hydrogen) atoms. The van der Waals surface area contributed by atoms with E-state index in [0.717, 1.165) is 17.0 Å². The molecule has 1 aliphatic carbocycles. The number of H-pyrrole nitrogens is 1. The van der Waals surface area contributed by atoms with Gasteiger partial charge in [0, 0.05) is 6.20 Å². The van der Waals surface area contributed by atoms with E-state index < -0.39 is 0 Å². The van der Waals surface area contributed by atoms with Crippen molar-refractivity contribution in [3.8, 4) is 0 Å². The van der Waals surface area contributed by atoms with Gasteiger partial charge < -0.3 is 5.73 Å². The lowest BCUT2D eigenvalue weighted by atomic mass is 9.73. The van der Waals surface area contributed by atoms with Gasteiger partial charge in [-0.3, -0.25) is 5.10 Å². The van der Waals surface area contributed by atoms with Crippen molar-refractivity contribution in [2.45, 2.75) is 58.8 Å². The highest BCUT2D eigenvalue weighted by Crippen LogP contribution is 2.40. The Labute approximate surface area is 126 Å². The molecule has 3 rings (SSSR count).